The molecule has 270 valence electrons. The lowest BCUT2D eigenvalue weighted by molar-refractivity contribution is -0.973. The molecule has 0 spiro atoms. The number of hydrogen-bond acceptors (Lipinski definition) is 3. The fraction of sp³-hybridized carbons (Fsp3) is 0.872. The highest BCUT2D eigenvalue weighted by Crippen LogP contribution is 2.34. The van der Waals surface area contributed by atoms with E-state index in [1.54, 1.807) is 0 Å². The van der Waals surface area contributed by atoms with Gasteiger partial charge in [0.1, 0.15) is 0 Å². The zero-order valence-electron chi connectivity index (χ0n) is 30.5. The minimum Gasteiger partial charge on any atom is -0.477 e. The zero-order valence-corrected chi connectivity index (χ0v) is 30.5. The first-order chi connectivity index (χ1) is 22.2. The van der Waals surface area contributed by atoms with Crippen LogP contribution in [0.5, 0.6) is 0 Å². The molecule has 0 radical (unpaired) electrons. The van der Waals surface area contributed by atoms with Gasteiger partial charge in [-0.2, -0.15) is 0 Å². The lowest BCUT2D eigenvalue weighted by Gasteiger charge is -2.50. The van der Waals surface area contributed by atoms with Crippen LogP contribution in [0.15, 0.2) is 12.2 Å². The van der Waals surface area contributed by atoms with Crippen molar-refractivity contribution in [1.82, 2.24) is 0 Å². The van der Waals surface area contributed by atoms with Gasteiger partial charge in [0.25, 0.3) is 0 Å². The fourth-order valence-electron chi connectivity index (χ4n) is 7.34. The molecule has 0 aromatic heterocycles. The fourth-order valence-corrected chi connectivity index (χ4v) is 7.34. The van der Waals surface area contributed by atoms with Crippen LogP contribution in [-0.2, 0) is 14.4 Å². The van der Waals surface area contributed by atoms with Gasteiger partial charge in [-0.05, 0) is 57.8 Å². The average Bonchev–Trinajstić information content (AvgIpc) is 3.02. The zero-order chi connectivity index (χ0) is 34.5. The van der Waals surface area contributed by atoms with Gasteiger partial charge in [-0.1, -0.05) is 130 Å². The van der Waals surface area contributed by atoms with Gasteiger partial charge in [0.2, 0.25) is 0 Å². The Balaban J connectivity index is 4.60. The Morgan fingerprint density at radius 2 is 0.717 bits per heavy atom. The Labute approximate surface area is 283 Å². The van der Waals surface area contributed by atoms with Crippen LogP contribution in [-0.4, -0.2) is 62.4 Å². The number of carboxylic acids is 3. The molecule has 0 aliphatic carbocycles. The Kier molecular flexibility index (Phi) is 28.1. The third kappa shape index (κ3) is 18.4. The van der Waals surface area contributed by atoms with Crippen molar-refractivity contribution in [2.75, 3.05) is 6.54 Å². The molecule has 0 saturated carbocycles. The van der Waals surface area contributed by atoms with E-state index < -0.39 is 36.0 Å². The van der Waals surface area contributed by atoms with Crippen LogP contribution in [0.4, 0.5) is 0 Å². The molecule has 3 atom stereocenters. The summed E-state index contributed by atoms with van der Waals surface area (Å²) in [6, 6.07) is -3.14. The maximum Gasteiger partial charge on any atom is 0.362 e. The van der Waals surface area contributed by atoms with E-state index in [1.807, 2.05) is 20.8 Å². The van der Waals surface area contributed by atoms with Crippen molar-refractivity contribution in [3.05, 3.63) is 12.2 Å². The van der Waals surface area contributed by atoms with Gasteiger partial charge in [-0.25, -0.2) is 14.4 Å². The lowest BCUT2D eigenvalue weighted by atomic mass is 9.91. The highest BCUT2D eigenvalue weighted by atomic mass is 16.4. The van der Waals surface area contributed by atoms with Gasteiger partial charge >= 0.3 is 17.9 Å². The normalized spacial score (nSPS) is 15.0. The Morgan fingerprint density at radius 1 is 0.435 bits per heavy atom. The van der Waals surface area contributed by atoms with Crippen LogP contribution >= 0.6 is 0 Å². The molecule has 7 nitrogen and oxygen atoms in total. The lowest BCUT2D eigenvalue weighted by Crippen LogP contribution is -2.72. The van der Waals surface area contributed by atoms with Gasteiger partial charge in [0.15, 0.2) is 18.1 Å². The van der Waals surface area contributed by atoms with E-state index in [-0.39, 0.29) is 30.3 Å². The molecule has 0 aromatic rings. The van der Waals surface area contributed by atoms with Gasteiger partial charge in [0, 0.05) is 19.3 Å². The first-order valence-corrected chi connectivity index (χ1v) is 19.4. The molecule has 0 heterocycles. The van der Waals surface area contributed by atoms with E-state index in [2.05, 4.69) is 19.1 Å². The number of quaternary nitrogens is 1. The molecule has 0 fully saturated rings. The molecule has 7 heteroatoms. The predicted octanol–water partition coefficient (Wildman–Crippen LogP) is 10.9. The molecule has 46 heavy (non-hydrogen) atoms. The van der Waals surface area contributed by atoms with Crippen molar-refractivity contribution in [3.63, 3.8) is 0 Å². The third-order valence-corrected chi connectivity index (χ3v) is 9.84. The maximum atomic E-state index is 12.6. The number of allylic oxidation sites excluding steroid dienone is 2. The van der Waals surface area contributed by atoms with Crippen LogP contribution < -0.4 is 0 Å². The number of nitrogens with zero attached hydrogens (tertiary/aromatic N) is 1. The summed E-state index contributed by atoms with van der Waals surface area (Å²) >= 11 is 0. The minimum atomic E-state index is -1.08. The largest absolute Gasteiger partial charge is 0.477 e. The van der Waals surface area contributed by atoms with E-state index in [4.69, 9.17) is 0 Å². The summed E-state index contributed by atoms with van der Waals surface area (Å²) in [4.78, 5) is 37.9. The summed E-state index contributed by atoms with van der Waals surface area (Å²) in [7, 11) is 0. The topological polar surface area (TPSA) is 112 Å². The van der Waals surface area contributed by atoms with Crippen molar-refractivity contribution in [2.24, 2.45) is 0 Å². The summed E-state index contributed by atoms with van der Waals surface area (Å²) < 4.78 is -0.371. The highest BCUT2D eigenvalue weighted by molar-refractivity contribution is 5.78. The van der Waals surface area contributed by atoms with Crippen molar-refractivity contribution >= 4 is 17.9 Å². The number of rotatable bonds is 34. The van der Waals surface area contributed by atoms with Gasteiger partial charge in [-0.3, -0.25) is 4.48 Å². The number of carbonyl (C=O) groups is 3. The van der Waals surface area contributed by atoms with Crippen LogP contribution in [0.25, 0.3) is 0 Å². The van der Waals surface area contributed by atoms with E-state index in [1.165, 1.54) is 103 Å². The summed E-state index contributed by atoms with van der Waals surface area (Å²) in [6.45, 7) is 8.19. The van der Waals surface area contributed by atoms with Crippen LogP contribution in [0.2, 0.25) is 0 Å². The molecule has 3 unspecified atom stereocenters. The first kappa shape index (κ1) is 44.1. The smallest absolute Gasteiger partial charge is 0.362 e. The first-order valence-electron chi connectivity index (χ1n) is 19.4. The summed E-state index contributed by atoms with van der Waals surface area (Å²) in [5.74, 6) is -3.25. The Hall–Kier alpha value is -1.89. The van der Waals surface area contributed by atoms with Gasteiger partial charge in [-0.15, -0.1) is 0 Å². The predicted molar refractivity (Wildman–Crippen MR) is 191 cm³/mol. The standard InChI is InChI=1S/C39H73NO6/c1-5-9-10-11-12-13-14-15-16-17-18-19-20-21-22-23-24-25-26-27-28-29-33-40(34(30-6-2)37(41)42,35(31-7-3)38(43)44)36(32-8-4)39(45)46/h17-18,34-36H,5-16,19-33H2,1-4H3,(H2-,41,42,43,44,45,46)/p+1/b18-17+. The number of unbranched alkanes of at least 4 members (excludes halogenated alkanes) is 18. The SMILES string of the molecule is CCCCCCCCCC/C=C/CCCCCCCCCCCC[N+](C(CCC)C(=O)O)(C(CCC)C(=O)O)C(CCC)C(=O)O. The minimum absolute atomic E-state index is 0.270. The maximum absolute atomic E-state index is 12.6. The quantitative estimate of drug-likeness (QED) is 0.0362. The monoisotopic (exact) mass is 653 g/mol. The van der Waals surface area contributed by atoms with E-state index in [9.17, 15) is 29.7 Å². The van der Waals surface area contributed by atoms with Crippen LogP contribution in [0, 0.1) is 0 Å². The van der Waals surface area contributed by atoms with Crippen molar-refractivity contribution in [3.8, 4) is 0 Å². The number of aliphatic carboxylic acids is 3. The van der Waals surface area contributed by atoms with E-state index in [0.29, 0.717) is 25.7 Å². The van der Waals surface area contributed by atoms with Crippen LogP contribution in [0.1, 0.15) is 195 Å². The molecule has 0 bridgehead atoms. The molecule has 0 aliphatic heterocycles. The van der Waals surface area contributed by atoms with Crippen molar-refractivity contribution < 1.29 is 34.2 Å². The second-order valence-corrected chi connectivity index (χ2v) is 13.7. The average molecular weight is 653 g/mol. The van der Waals surface area contributed by atoms with Crippen molar-refractivity contribution in [1.29, 1.82) is 0 Å². The number of hydrogen-bond donors (Lipinski definition) is 3. The number of carboxylic acid groups (broad SMARTS) is 3. The molecular weight excluding hydrogens is 578 g/mol. The molecule has 0 aliphatic rings. The summed E-state index contributed by atoms with van der Waals surface area (Å²) in [5.41, 5.74) is 0. The molecule has 0 saturated heterocycles. The van der Waals surface area contributed by atoms with Gasteiger partial charge < -0.3 is 15.3 Å². The van der Waals surface area contributed by atoms with Gasteiger partial charge in [0.05, 0.1) is 6.54 Å². The molecule has 0 rings (SSSR count). The molecule has 0 aromatic carbocycles. The summed E-state index contributed by atoms with van der Waals surface area (Å²) in [5, 5.41) is 30.9. The summed E-state index contributed by atoms with van der Waals surface area (Å²) in [6.07, 6.45) is 31.8. The Morgan fingerprint density at radius 3 is 1.00 bits per heavy atom. The Bertz CT molecular complexity index is 738. The van der Waals surface area contributed by atoms with Crippen molar-refractivity contribution in [2.45, 2.75) is 213 Å². The second-order valence-electron chi connectivity index (χ2n) is 13.7. The molecule has 3 N–H and O–H groups in total. The highest BCUT2D eigenvalue weighted by Gasteiger charge is 2.56. The third-order valence-electron chi connectivity index (χ3n) is 9.84. The van der Waals surface area contributed by atoms with E-state index >= 15 is 0 Å². The second kappa shape index (κ2) is 29.3. The molecule has 0 amide bonds. The molecular formula is C39H74NO6+. The van der Waals surface area contributed by atoms with E-state index in [0.717, 1.165) is 19.3 Å². The van der Waals surface area contributed by atoms with Crippen LogP contribution in [0.3, 0.4) is 0 Å².